The average molecular weight is 322 g/mol. The van der Waals surface area contributed by atoms with Crippen molar-refractivity contribution in [2.24, 2.45) is 5.92 Å². The molecule has 0 aliphatic carbocycles. The normalized spacial score (nSPS) is 20.8. The molecule has 22 heavy (non-hydrogen) atoms. The van der Waals surface area contributed by atoms with Crippen LogP contribution in [0.2, 0.25) is 0 Å². The van der Waals surface area contributed by atoms with Crippen LogP contribution < -0.4 is 0 Å². The number of piperidine rings is 1. The summed E-state index contributed by atoms with van der Waals surface area (Å²) < 4.78 is 0.0667. The van der Waals surface area contributed by atoms with E-state index in [1.807, 2.05) is 17.9 Å². The van der Waals surface area contributed by atoms with Crippen molar-refractivity contribution in [1.29, 1.82) is 0 Å². The summed E-state index contributed by atoms with van der Waals surface area (Å²) in [6.07, 6.45) is 3.29. The highest BCUT2D eigenvalue weighted by Crippen LogP contribution is 2.31. The Morgan fingerprint density at radius 1 is 1.50 bits per heavy atom. The van der Waals surface area contributed by atoms with Crippen molar-refractivity contribution in [3.05, 3.63) is 23.9 Å². The lowest BCUT2D eigenvalue weighted by atomic mass is 9.93. The Morgan fingerprint density at radius 2 is 2.23 bits per heavy atom. The molecule has 1 amide bonds. The molecule has 0 saturated carbocycles. The summed E-state index contributed by atoms with van der Waals surface area (Å²) in [7, 11) is 0. The third-order valence-corrected chi connectivity index (χ3v) is 4.86. The summed E-state index contributed by atoms with van der Waals surface area (Å²) in [6.45, 7) is 9.61. The van der Waals surface area contributed by atoms with Gasteiger partial charge in [0, 0.05) is 35.5 Å². The molecule has 0 spiro atoms. The summed E-state index contributed by atoms with van der Waals surface area (Å²) >= 11 is 1.66. The maximum absolute atomic E-state index is 12.7. The minimum absolute atomic E-state index is 0.0449. The second kappa shape index (κ2) is 7.01. The number of aromatic nitrogens is 1. The van der Waals surface area contributed by atoms with E-state index in [2.05, 4.69) is 25.8 Å². The van der Waals surface area contributed by atoms with Crippen LogP contribution in [-0.2, 0) is 0 Å². The Balaban J connectivity index is 2.10. The highest BCUT2D eigenvalue weighted by Gasteiger charge is 2.27. The summed E-state index contributed by atoms with van der Waals surface area (Å²) in [6, 6.07) is 3.66. The Labute approximate surface area is 137 Å². The van der Waals surface area contributed by atoms with E-state index in [1.165, 1.54) is 0 Å². The van der Waals surface area contributed by atoms with Crippen LogP contribution >= 0.6 is 11.8 Å². The summed E-state index contributed by atoms with van der Waals surface area (Å²) in [5.74, 6) is 0.228. The Hall–Kier alpha value is -1.07. The predicted octanol–water partition coefficient (Wildman–Crippen LogP) is 3.21. The van der Waals surface area contributed by atoms with E-state index in [9.17, 15) is 9.90 Å². The van der Waals surface area contributed by atoms with E-state index in [0.717, 1.165) is 24.4 Å². The largest absolute Gasteiger partial charge is 0.393 e. The van der Waals surface area contributed by atoms with E-state index in [1.54, 1.807) is 24.0 Å². The van der Waals surface area contributed by atoms with Crippen LogP contribution in [-0.4, -0.2) is 44.8 Å². The highest BCUT2D eigenvalue weighted by atomic mass is 32.2. The predicted molar refractivity (Wildman–Crippen MR) is 90.2 cm³/mol. The molecule has 2 atom stereocenters. The number of amides is 1. The molecular formula is C17H26N2O2S. The van der Waals surface area contributed by atoms with E-state index < -0.39 is 0 Å². The number of hydrogen-bond donors (Lipinski definition) is 1. The molecule has 122 valence electrons. The van der Waals surface area contributed by atoms with Gasteiger partial charge < -0.3 is 10.0 Å². The number of likely N-dealkylation sites (tertiary alicyclic amines) is 1. The van der Waals surface area contributed by atoms with E-state index in [-0.39, 0.29) is 22.7 Å². The van der Waals surface area contributed by atoms with Crippen molar-refractivity contribution in [2.75, 3.05) is 13.1 Å². The van der Waals surface area contributed by atoms with Crippen LogP contribution in [0, 0.1) is 5.92 Å². The molecule has 0 aromatic carbocycles. The first-order valence-electron chi connectivity index (χ1n) is 7.88. The zero-order valence-electron chi connectivity index (χ0n) is 13.9. The Morgan fingerprint density at radius 3 is 2.86 bits per heavy atom. The van der Waals surface area contributed by atoms with E-state index in [0.29, 0.717) is 12.1 Å². The number of hydrogen-bond acceptors (Lipinski definition) is 4. The van der Waals surface area contributed by atoms with Crippen molar-refractivity contribution in [3.63, 3.8) is 0 Å². The van der Waals surface area contributed by atoms with Gasteiger partial charge in [-0.05, 0) is 31.9 Å². The SMILES string of the molecule is CC(O)C1CCCN(C(=O)c2ccnc(SC(C)(C)C)c2)C1. The summed E-state index contributed by atoms with van der Waals surface area (Å²) in [5.41, 5.74) is 0.688. The summed E-state index contributed by atoms with van der Waals surface area (Å²) in [4.78, 5) is 18.9. The number of aliphatic hydroxyl groups is 1. The molecular weight excluding hydrogens is 296 g/mol. The molecule has 5 heteroatoms. The van der Waals surface area contributed by atoms with Crippen molar-refractivity contribution in [2.45, 2.75) is 56.4 Å². The van der Waals surface area contributed by atoms with Crippen LogP contribution in [0.1, 0.15) is 50.9 Å². The number of pyridine rings is 1. The fraction of sp³-hybridized carbons (Fsp3) is 0.647. The molecule has 4 nitrogen and oxygen atoms in total. The topological polar surface area (TPSA) is 53.4 Å². The first kappa shape index (κ1) is 17.3. The van der Waals surface area contributed by atoms with Gasteiger partial charge in [0.15, 0.2) is 0 Å². The second-order valence-electron chi connectivity index (χ2n) is 6.99. The molecule has 1 N–H and O–H groups in total. The molecule has 2 rings (SSSR count). The van der Waals surface area contributed by atoms with Gasteiger partial charge in [-0.2, -0.15) is 0 Å². The van der Waals surface area contributed by atoms with Gasteiger partial charge >= 0.3 is 0 Å². The lowest BCUT2D eigenvalue weighted by Gasteiger charge is -2.34. The molecule has 0 bridgehead atoms. The lowest BCUT2D eigenvalue weighted by Crippen LogP contribution is -2.42. The molecule has 1 aliphatic rings. The molecule has 1 aliphatic heterocycles. The quantitative estimate of drug-likeness (QED) is 0.868. The van der Waals surface area contributed by atoms with Crippen LogP contribution in [0.15, 0.2) is 23.4 Å². The average Bonchev–Trinajstić information content (AvgIpc) is 2.45. The highest BCUT2D eigenvalue weighted by molar-refractivity contribution is 8.00. The third kappa shape index (κ3) is 4.71. The smallest absolute Gasteiger partial charge is 0.254 e. The second-order valence-corrected chi connectivity index (χ2v) is 8.84. The zero-order valence-corrected chi connectivity index (χ0v) is 14.7. The number of rotatable bonds is 3. The Bertz CT molecular complexity index is 526. The number of thioether (sulfide) groups is 1. The van der Waals surface area contributed by atoms with Gasteiger partial charge in [-0.1, -0.05) is 20.8 Å². The minimum Gasteiger partial charge on any atom is -0.393 e. The lowest BCUT2D eigenvalue weighted by molar-refractivity contribution is 0.0465. The fourth-order valence-corrected chi connectivity index (χ4v) is 3.61. The van der Waals surface area contributed by atoms with Gasteiger partial charge in [0.05, 0.1) is 11.1 Å². The Kier molecular flexibility index (Phi) is 5.50. The van der Waals surface area contributed by atoms with Crippen molar-refractivity contribution in [1.82, 2.24) is 9.88 Å². The zero-order chi connectivity index (χ0) is 16.3. The molecule has 2 heterocycles. The maximum Gasteiger partial charge on any atom is 0.254 e. The van der Waals surface area contributed by atoms with Crippen LogP contribution in [0.3, 0.4) is 0 Å². The number of aliphatic hydroxyl groups excluding tert-OH is 1. The molecule has 1 fully saturated rings. The first-order chi connectivity index (χ1) is 10.3. The van der Waals surface area contributed by atoms with Gasteiger partial charge in [0.2, 0.25) is 0 Å². The molecule has 2 unspecified atom stereocenters. The monoisotopic (exact) mass is 322 g/mol. The molecule has 1 aromatic heterocycles. The number of nitrogens with zero attached hydrogens (tertiary/aromatic N) is 2. The van der Waals surface area contributed by atoms with Gasteiger partial charge in [-0.25, -0.2) is 4.98 Å². The van der Waals surface area contributed by atoms with E-state index >= 15 is 0 Å². The van der Waals surface area contributed by atoms with Crippen LogP contribution in [0.4, 0.5) is 0 Å². The van der Waals surface area contributed by atoms with Crippen molar-refractivity contribution < 1.29 is 9.90 Å². The molecule has 0 radical (unpaired) electrons. The standard InChI is InChI=1S/C17H26N2O2S/c1-12(20)14-6-5-9-19(11-14)16(21)13-7-8-18-15(10-13)22-17(2,3)4/h7-8,10,12,14,20H,5-6,9,11H2,1-4H3. The molecule has 1 aromatic rings. The van der Waals surface area contributed by atoms with Gasteiger partial charge in [0.1, 0.15) is 0 Å². The van der Waals surface area contributed by atoms with Crippen molar-refractivity contribution >= 4 is 17.7 Å². The fourth-order valence-electron chi connectivity index (χ4n) is 2.68. The summed E-state index contributed by atoms with van der Waals surface area (Å²) in [5, 5.41) is 10.6. The van der Waals surface area contributed by atoms with E-state index in [4.69, 9.17) is 0 Å². The minimum atomic E-state index is -0.361. The van der Waals surface area contributed by atoms with Gasteiger partial charge in [0.25, 0.3) is 5.91 Å². The number of carbonyl (C=O) groups is 1. The number of carbonyl (C=O) groups excluding carboxylic acids is 1. The van der Waals surface area contributed by atoms with Crippen LogP contribution in [0.5, 0.6) is 0 Å². The van der Waals surface area contributed by atoms with Crippen molar-refractivity contribution in [3.8, 4) is 0 Å². The third-order valence-electron chi connectivity index (χ3n) is 3.82. The van der Waals surface area contributed by atoms with Gasteiger partial charge in [-0.3, -0.25) is 4.79 Å². The first-order valence-corrected chi connectivity index (χ1v) is 8.70. The molecule has 1 saturated heterocycles. The van der Waals surface area contributed by atoms with Gasteiger partial charge in [-0.15, -0.1) is 11.8 Å². The maximum atomic E-state index is 12.7. The van der Waals surface area contributed by atoms with Crippen LogP contribution in [0.25, 0.3) is 0 Å².